The van der Waals surface area contributed by atoms with Gasteiger partial charge in [0.25, 0.3) is 0 Å². The molecule has 0 spiro atoms. The van der Waals surface area contributed by atoms with Crippen LogP contribution in [0.2, 0.25) is 0 Å². The lowest BCUT2D eigenvalue weighted by Gasteiger charge is -2.30. The Morgan fingerprint density at radius 1 is 0.627 bits per heavy atom. The van der Waals surface area contributed by atoms with Crippen molar-refractivity contribution < 1.29 is 63.6 Å². The summed E-state index contributed by atoms with van der Waals surface area (Å²) in [5.41, 5.74) is 5.56. The number of carboxylic acid groups (broad SMARTS) is 4. The topological polar surface area (TPSA) is 321 Å². The normalized spacial score (nSPS) is 16.6. The highest BCUT2D eigenvalue weighted by molar-refractivity contribution is 7.80. The molecule has 288 valence electrons. The molecule has 0 bridgehead atoms. The Morgan fingerprint density at radius 2 is 1.08 bits per heavy atom. The zero-order valence-corrected chi connectivity index (χ0v) is 29.5. The third-order valence-corrected chi connectivity index (χ3v) is 8.63. The maximum atomic E-state index is 13.6. The van der Waals surface area contributed by atoms with Crippen molar-refractivity contribution in [2.24, 2.45) is 17.6 Å². The molecule has 6 atom stereocenters. The largest absolute Gasteiger partial charge is 0.481 e. The first-order chi connectivity index (χ1) is 23.9. The fourth-order valence-electron chi connectivity index (χ4n) is 5.40. The number of rotatable bonds is 23. The Morgan fingerprint density at radius 3 is 1.53 bits per heavy atom. The van der Waals surface area contributed by atoms with Gasteiger partial charge in [-0.3, -0.25) is 38.4 Å². The molecule has 20 heteroatoms. The fraction of sp³-hybridized carbons (Fsp3) is 0.710. The van der Waals surface area contributed by atoms with E-state index in [0.29, 0.717) is 0 Å². The molecule has 0 radical (unpaired) electrons. The maximum absolute atomic E-state index is 13.6. The second kappa shape index (κ2) is 22.4. The predicted octanol–water partition coefficient (Wildman–Crippen LogP) is -1.42. The summed E-state index contributed by atoms with van der Waals surface area (Å²) < 4.78 is 0. The molecule has 0 heterocycles. The Hall–Kier alpha value is -4.46. The fourth-order valence-corrected chi connectivity index (χ4v) is 5.65. The Balaban J connectivity index is 3.27. The van der Waals surface area contributed by atoms with Gasteiger partial charge in [-0.15, -0.1) is 0 Å². The van der Waals surface area contributed by atoms with Crippen LogP contribution in [-0.4, -0.2) is 116 Å². The number of hydrogen-bond donors (Lipinski definition) is 11. The third kappa shape index (κ3) is 16.9. The first-order valence-corrected chi connectivity index (χ1v) is 17.3. The summed E-state index contributed by atoms with van der Waals surface area (Å²) in [6, 6.07) is -8.68. The van der Waals surface area contributed by atoms with Crippen LogP contribution >= 0.6 is 12.6 Å². The van der Waals surface area contributed by atoms with E-state index in [4.69, 9.17) is 15.9 Å². The minimum atomic E-state index is -1.57. The molecule has 1 saturated carbocycles. The van der Waals surface area contributed by atoms with E-state index < -0.39 is 128 Å². The van der Waals surface area contributed by atoms with Crippen LogP contribution in [0.25, 0.3) is 0 Å². The zero-order valence-electron chi connectivity index (χ0n) is 28.6. The number of nitrogens with two attached hydrogens (primary N) is 1. The Kier molecular flexibility index (Phi) is 19.6. The van der Waals surface area contributed by atoms with Gasteiger partial charge in [0.15, 0.2) is 0 Å². The van der Waals surface area contributed by atoms with Crippen molar-refractivity contribution in [2.45, 2.75) is 121 Å². The average Bonchev–Trinajstić information content (AvgIpc) is 3.04. The van der Waals surface area contributed by atoms with E-state index in [1.54, 1.807) is 0 Å². The molecule has 0 aromatic heterocycles. The summed E-state index contributed by atoms with van der Waals surface area (Å²) >= 11 is 3.96. The summed E-state index contributed by atoms with van der Waals surface area (Å²) in [5.74, 6) is -11.0. The van der Waals surface area contributed by atoms with Crippen LogP contribution in [0.15, 0.2) is 0 Å². The maximum Gasteiger partial charge on any atom is 0.327 e. The second-order valence-electron chi connectivity index (χ2n) is 12.8. The minimum absolute atomic E-state index is 0.0231. The Labute approximate surface area is 300 Å². The number of thiol groups is 1. The van der Waals surface area contributed by atoms with E-state index >= 15 is 0 Å². The summed E-state index contributed by atoms with van der Waals surface area (Å²) in [4.78, 5) is 111. The highest BCUT2D eigenvalue weighted by atomic mass is 32.1. The molecular weight excluding hydrogens is 696 g/mol. The summed E-state index contributed by atoms with van der Waals surface area (Å²) in [5, 5.41) is 48.7. The SMILES string of the molecule is CC(C)[C@H](NC(=O)[C@H](CCC(=O)O)NC(=O)[C@@H](N)CC(=O)O)C(=O)N[C@@H](CCC(=O)O)C(=O)N[C@@H](CC1CCCCC1)C(=O)N[C@@H](CS)C(=O)O. The van der Waals surface area contributed by atoms with E-state index in [1.807, 2.05) is 0 Å². The van der Waals surface area contributed by atoms with Crippen LogP contribution in [0.3, 0.4) is 0 Å². The number of hydrogen-bond acceptors (Lipinski definition) is 11. The van der Waals surface area contributed by atoms with Gasteiger partial charge in [-0.2, -0.15) is 12.6 Å². The highest BCUT2D eigenvalue weighted by Crippen LogP contribution is 2.27. The van der Waals surface area contributed by atoms with Gasteiger partial charge in [0.1, 0.15) is 30.2 Å². The molecule has 1 fully saturated rings. The van der Waals surface area contributed by atoms with Gasteiger partial charge >= 0.3 is 23.9 Å². The molecule has 19 nitrogen and oxygen atoms in total. The van der Waals surface area contributed by atoms with Crippen molar-refractivity contribution in [1.29, 1.82) is 0 Å². The first-order valence-electron chi connectivity index (χ1n) is 16.6. The molecule has 0 unspecified atom stereocenters. The summed E-state index contributed by atoms with van der Waals surface area (Å²) in [7, 11) is 0. The lowest BCUT2D eigenvalue weighted by molar-refractivity contribution is -0.142. The quantitative estimate of drug-likeness (QED) is 0.0535. The standard InChI is InChI=1S/C31H50N6O13S/c1-15(2)25(37-28(46)19(9-11-23(40)41)33-26(44)17(32)13-24(42)43)30(48)34-18(8-10-22(38)39)27(45)35-20(12-16-6-4-3-5-7-16)29(47)36-21(14-51)31(49)50/h15-21,25,51H,3-14,32H2,1-2H3,(H,33,44)(H,34,48)(H,35,45)(H,36,47)(H,37,46)(H,38,39)(H,40,41)(H,42,43)(H,49,50)/t17-,18-,19-,20-,21-,25-/m0/s1. The van der Waals surface area contributed by atoms with Gasteiger partial charge in [-0.25, -0.2) is 4.79 Å². The lowest BCUT2D eigenvalue weighted by Crippen LogP contribution is -2.60. The molecule has 0 saturated heterocycles. The van der Waals surface area contributed by atoms with Crippen molar-refractivity contribution in [3.63, 3.8) is 0 Å². The molecule has 1 rings (SSSR count). The smallest absolute Gasteiger partial charge is 0.327 e. The van der Waals surface area contributed by atoms with Gasteiger partial charge in [0.05, 0.1) is 12.5 Å². The minimum Gasteiger partial charge on any atom is -0.481 e. The van der Waals surface area contributed by atoms with Gasteiger partial charge in [-0.1, -0.05) is 46.0 Å². The van der Waals surface area contributed by atoms with Crippen molar-refractivity contribution in [3.8, 4) is 0 Å². The van der Waals surface area contributed by atoms with Crippen LogP contribution < -0.4 is 32.3 Å². The molecule has 0 aromatic rings. The summed E-state index contributed by atoms with van der Waals surface area (Å²) in [6.07, 6.45) is 1.63. The zero-order chi connectivity index (χ0) is 38.8. The van der Waals surface area contributed by atoms with Gasteiger partial charge < -0.3 is 52.7 Å². The van der Waals surface area contributed by atoms with E-state index in [2.05, 4.69) is 39.2 Å². The van der Waals surface area contributed by atoms with Crippen LogP contribution in [0.4, 0.5) is 0 Å². The van der Waals surface area contributed by atoms with Crippen molar-refractivity contribution in [1.82, 2.24) is 26.6 Å². The van der Waals surface area contributed by atoms with Gasteiger partial charge in [0.2, 0.25) is 29.5 Å². The van der Waals surface area contributed by atoms with Crippen molar-refractivity contribution in [2.75, 3.05) is 5.75 Å². The molecule has 1 aliphatic carbocycles. The van der Waals surface area contributed by atoms with Crippen LogP contribution in [0.1, 0.15) is 84.5 Å². The average molecular weight is 747 g/mol. The van der Waals surface area contributed by atoms with E-state index in [0.717, 1.165) is 32.1 Å². The number of amides is 5. The molecule has 0 aromatic carbocycles. The van der Waals surface area contributed by atoms with Crippen LogP contribution in [0.5, 0.6) is 0 Å². The third-order valence-electron chi connectivity index (χ3n) is 8.26. The van der Waals surface area contributed by atoms with Gasteiger partial charge in [-0.05, 0) is 31.1 Å². The summed E-state index contributed by atoms with van der Waals surface area (Å²) in [6.45, 7) is 3.05. The lowest BCUT2D eigenvalue weighted by atomic mass is 9.84. The molecule has 5 amide bonds. The van der Waals surface area contributed by atoms with Gasteiger partial charge in [0, 0.05) is 18.6 Å². The number of carbonyl (C=O) groups is 9. The van der Waals surface area contributed by atoms with E-state index in [9.17, 15) is 53.4 Å². The van der Waals surface area contributed by atoms with Crippen LogP contribution in [0, 0.1) is 11.8 Å². The monoisotopic (exact) mass is 746 g/mol. The number of carbonyl (C=O) groups excluding carboxylic acids is 5. The number of carboxylic acids is 4. The van der Waals surface area contributed by atoms with E-state index in [-0.39, 0.29) is 18.1 Å². The van der Waals surface area contributed by atoms with E-state index in [1.165, 1.54) is 13.8 Å². The van der Waals surface area contributed by atoms with Crippen molar-refractivity contribution >= 4 is 66.0 Å². The predicted molar refractivity (Wildman–Crippen MR) is 181 cm³/mol. The molecular formula is C31H50N6O13S. The first kappa shape index (κ1) is 44.6. The molecule has 11 N–H and O–H groups in total. The highest BCUT2D eigenvalue weighted by Gasteiger charge is 2.35. The Bertz CT molecular complexity index is 1280. The molecule has 51 heavy (non-hydrogen) atoms. The number of nitrogens with one attached hydrogen (secondary N) is 5. The number of aliphatic carboxylic acids is 4. The second-order valence-corrected chi connectivity index (χ2v) is 13.2. The molecule has 1 aliphatic rings. The van der Waals surface area contributed by atoms with Crippen molar-refractivity contribution in [3.05, 3.63) is 0 Å². The van der Waals surface area contributed by atoms with Crippen LogP contribution in [-0.2, 0) is 43.2 Å². The molecule has 0 aliphatic heterocycles.